The number of Topliss-reactive ketones (excluding diaryl/α,β-unsaturated/α-hetero) is 1. The maximum absolute atomic E-state index is 13.5. The largest absolute Gasteiger partial charge is 0.497 e. The summed E-state index contributed by atoms with van der Waals surface area (Å²) in [4.78, 5) is 43.7. The molecule has 6 heteroatoms. The number of carbonyl (C=O) groups is 3. The van der Waals surface area contributed by atoms with Crippen LogP contribution < -0.4 is 9.64 Å². The molecule has 0 bridgehead atoms. The molecule has 3 heterocycles. The zero-order valence-corrected chi connectivity index (χ0v) is 17.1. The van der Waals surface area contributed by atoms with Crippen molar-refractivity contribution in [1.29, 1.82) is 0 Å². The van der Waals surface area contributed by atoms with Gasteiger partial charge >= 0.3 is 0 Å². The number of carbonyl (C=O) groups excluding carboxylic acids is 3. The average molecular weight is 404 g/mol. The Labute approximate surface area is 175 Å². The predicted molar refractivity (Wildman–Crippen MR) is 111 cm³/mol. The number of anilines is 1. The molecule has 5 rings (SSSR count). The second kappa shape index (κ2) is 7.06. The lowest BCUT2D eigenvalue weighted by Gasteiger charge is -2.27. The van der Waals surface area contributed by atoms with Crippen LogP contribution in [0.4, 0.5) is 5.69 Å². The van der Waals surface area contributed by atoms with Crippen LogP contribution in [0.2, 0.25) is 0 Å². The highest BCUT2D eigenvalue weighted by molar-refractivity contribution is 6.24. The number of methoxy groups -OCH3 is 1. The van der Waals surface area contributed by atoms with Gasteiger partial charge in [-0.05, 0) is 50.6 Å². The van der Waals surface area contributed by atoms with Gasteiger partial charge < -0.3 is 4.74 Å². The molecule has 2 aromatic carbocycles. The van der Waals surface area contributed by atoms with Crippen molar-refractivity contribution in [3.63, 3.8) is 0 Å². The van der Waals surface area contributed by atoms with Crippen LogP contribution in [0.1, 0.15) is 28.8 Å². The Balaban J connectivity index is 1.52. The summed E-state index contributed by atoms with van der Waals surface area (Å²) in [6, 6.07) is 13.7. The number of aryl methyl sites for hydroxylation is 1. The molecule has 0 saturated carbocycles. The first-order chi connectivity index (χ1) is 14.5. The fourth-order valence-electron chi connectivity index (χ4n) is 5.39. The molecule has 0 unspecified atom stereocenters. The molecule has 0 spiro atoms. The number of fused-ring (bicyclic) bond motifs is 3. The number of ether oxygens (including phenoxy) is 1. The van der Waals surface area contributed by atoms with Gasteiger partial charge in [0.25, 0.3) is 0 Å². The molecule has 3 saturated heterocycles. The van der Waals surface area contributed by atoms with Gasteiger partial charge in [0, 0.05) is 11.6 Å². The van der Waals surface area contributed by atoms with Crippen molar-refractivity contribution >= 4 is 23.3 Å². The number of imide groups is 1. The van der Waals surface area contributed by atoms with Crippen molar-refractivity contribution < 1.29 is 19.1 Å². The summed E-state index contributed by atoms with van der Waals surface area (Å²) in [6.45, 7) is 2.73. The predicted octanol–water partition coefficient (Wildman–Crippen LogP) is 2.84. The quantitative estimate of drug-likeness (QED) is 0.579. The van der Waals surface area contributed by atoms with E-state index < -0.39 is 17.9 Å². The zero-order valence-electron chi connectivity index (χ0n) is 17.1. The molecule has 0 N–H and O–H groups in total. The Hall–Kier alpha value is -2.99. The first-order valence-electron chi connectivity index (χ1n) is 10.4. The Morgan fingerprint density at radius 2 is 1.63 bits per heavy atom. The summed E-state index contributed by atoms with van der Waals surface area (Å²) in [5.41, 5.74) is 2.21. The normalized spacial score (nSPS) is 28.0. The van der Waals surface area contributed by atoms with Crippen LogP contribution in [0.5, 0.6) is 5.75 Å². The van der Waals surface area contributed by atoms with Gasteiger partial charge in [0.1, 0.15) is 5.75 Å². The van der Waals surface area contributed by atoms with Gasteiger partial charge in [-0.1, -0.05) is 29.8 Å². The number of hydrogen-bond acceptors (Lipinski definition) is 5. The highest BCUT2D eigenvalue weighted by atomic mass is 16.5. The molecule has 2 aromatic rings. The standard InChI is InChI=1S/C24H24N2O4/c1-14-5-7-15(8-6-14)22(27)21-20-19(18-4-3-13-25(18)21)23(28)26(24(20)29)16-9-11-17(30-2)12-10-16/h5-12,18-21H,3-4,13H2,1-2H3/t18-,19-,20-,21+/m1/s1. The molecule has 154 valence electrons. The van der Waals surface area contributed by atoms with E-state index in [2.05, 4.69) is 4.90 Å². The van der Waals surface area contributed by atoms with Crippen molar-refractivity contribution in [1.82, 2.24) is 4.90 Å². The van der Waals surface area contributed by atoms with Gasteiger partial charge in [-0.15, -0.1) is 0 Å². The number of amides is 2. The van der Waals surface area contributed by atoms with Gasteiger partial charge in [0.2, 0.25) is 11.8 Å². The molecule has 3 aliphatic heterocycles. The molecule has 0 aliphatic carbocycles. The maximum atomic E-state index is 13.5. The van der Waals surface area contributed by atoms with Crippen molar-refractivity contribution in [2.45, 2.75) is 31.8 Å². The Morgan fingerprint density at radius 1 is 0.967 bits per heavy atom. The van der Waals surface area contributed by atoms with E-state index in [1.807, 2.05) is 31.2 Å². The summed E-state index contributed by atoms with van der Waals surface area (Å²) in [5.74, 6) is -0.943. The third-order valence-electron chi connectivity index (χ3n) is 6.79. The van der Waals surface area contributed by atoms with E-state index in [4.69, 9.17) is 4.74 Å². The van der Waals surface area contributed by atoms with Crippen LogP contribution >= 0.6 is 0 Å². The van der Waals surface area contributed by atoms with Crippen molar-refractivity contribution in [2.24, 2.45) is 11.8 Å². The van der Waals surface area contributed by atoms with Crippen LogP contribution in [0.15, 0.2) is 48.5 Å². The van der Waals surface area contributed by atoms with Gasteiger partial charge in [-0.3, -0.25) is 19.3 Å². The number of ketones is 1. The first-order valence-corrected chi connectivity index (χ1v) is 10.4. The minimum Gasteiger partial charge on any atom is -0.497 e. The highest BCUT2D eigenvalue weighted by Crippen LogP contribution is 2.48. The topological polar surface area (TPSA) is 66.9 Å². The lowest BCUT2D eigenvalue weighted by atomic mass is 9.85. The summed E-state index contributed by atoms with van der Waals surface area (Å²) in [5, 5.41) is 0. The van der Waals surface area contributed by atoms with Crippen molar-refractivity contribution in [3.05, 3.63) is 59.7 Å². The van der Waals surface area contributed by atoms with Gasteiger partial charge in [0.05, 0.1) is 30.7 Å². The van der Waals surface area contributed by atoms with Gasteiger partial charge in [0.15, 0.2) is 5.78 Å². The third kappa shape index (κ3) is 2.70. The fraction of sp³-hybridized carbons (Fsp3) is 0.375. The first kappa shape index (κ1) is 19.0. The van der Waals surface area contributed by atoms with Gasteiger partial charge in [-0.25, -0.2) is 4.90 Å². The average Bonchev–Trinajstić information content (AvgIpc) is 3.40. The van der Waals surface area contributed by atoms with E-state index in [-0.39, 0.29) is 23.6 Å². The van der Waals surface area contributed by atoms with Crippen LogP contribution in [0.3, 0.4) is 0 Å². The smallest absolute Gasteiger partial charge is 0.239 e. The lowest BCUT2D eigenvalue weighted by Crippen LogP contribution is -2.46. The summed E-state index contributed by atoms with van der Waals surface area (Å²) in [7, 11) is 1.57. The second-order valence-electron chi connectivity index (χ2n) is 8.38. The molecule has 3 aliphatic rings. The van der Waals surface area contributed by atoms with Crippen molar-refractivity contribution in [2.75, 3.05) is 18.6 Å². The van der Waals surface area contributed by atoms with Crippen molar-refractivity contribution in [3.8, 4) is 5.75 Å². The number of rotatable bonds is 4. The van der Waals surface area contributed by atoms with E-state index in [1.54, 1.807) is 31.4 Å². The molecule has 6 nitrogen and oxygen atoms in total. The molecule has 2 amide bonds. The Kier molecular flexibility index (Phi) is 4.47. The number of hydrogen-bond donors (Lipinski definition) is 0. The maximum Gasteiger partial charge on any atom is 0.239 e. The van der Waals surface area contributed by atoms with E-state index >= 15 is 0 Å². The molecule has 0 aromatic heterocycles. The van der Waals surface area contributed by atoms with Crippen LogP contribution in [-0.4, -0.2) is 48.2 Å². The fourth-order valence-corrected chi connectivity index (χ4v) is 5.39. The van der Waals surface area contributed by atoms with E-state index in [1.165, 1.54) is 4.90 Å². The Morgan fingerprint density at radius 3 is 2.30 bits per heavy atom. The van der Waals surface area contributed by atoms with Crippen LogP contribution in [-0.2, 0) is 9.59 Å². The van der Waals surface area contributed by atoms with E-state index in [9.17, 15) is 14.4 Å². The summed E-state index contributed by atoms with van der Waals surface area (Å²) in [6.07, 6.45) is 1.78. The minimum atomic E-state index is -0.626. The number of benzene rings is 2. The minimum absolute atomic E-state index is 0.0471. The summed E-state index contributed by atoms with van der Waals surface area (Å²) < 4.78 is 5.18. The van der Waals surface area contributed by atoms with Gasteiger partial charge in [-0.2, -0.15) is 0 Å². The van der Waals surface area contributed by atoms with Crippen LogP contribution in [0, 0.1) is 18.8 Å². The SMILES string of the molecule is COc1ccc(N2C(=O)[C@@H]3[C@H](C2=O)[C@H]2CCCN2[C@@H]3C(=O)c2ccc(C)cc2)cc1. The lowest BCUT2D eigenvalue weighted by molar-refractivity contribution is -0.123. The van der Waals surface area contributed by atoms with Crippen LogP contribution in [0.25, 0.3) is 0 Å². The van der Waals surface area contributed by atoms with E-state index in [0.29, 0.717) is 17.0 Å². The zero-order chi connectivity index (χ0) is 21.0. The highest BCUT2D eigenvalue weighted by Gasteiger charge is 2.64. The summed E-state index contributed by atoms with van der Waals surface area (Å²) >= 11 is 0. The molecule has 0 radical (unpaired) electrons. The third-order valence-corrected chi connectivity index (χ3v) is 6.79. The number of nitrogens with zero attached hydrogens (tertiary/aromatic N) is 2. The monoisotopic (exact) mass is 404 g/mol. The second-order valence-corrected chi connectivity index (χ2v) is 8.38. The molecular weight excluding hydrogens is 380 g/mol. The molecular formula is C24H24N2O4. The molecule has 30 heavy (non-hydrogen) atoms. The van der Waals surface area contributed by atoms with E-state index in [0.717, 1.165) is 24.9 Å². The Bertz CT molecular complexity index is 1010. The molecule has 4 atom stereocenters. The molecule has 3 fully saturated rings.